The van der Waals surface area contributed by atoms with Crippen LogP contribution >= 0.6 is 0 Å². The molecule has 2 fully saturated rings. The highest BCUT2D eigenvalue weighted by Gasteiger charge is 2.26. The zero-order valence-corrected chi connectivity index (χ0v) is 13.5. The van der Waals surface area contributed by atoms with Gasteiger partial charge in [-0.3, -0.25) is 4.79 Å². The van der Waals surface area contributed by atoms with E-state index in [2.05, 4.69) is 22.7 Å². The van der Waals surface area contributed by atoms with Gasteiger partial charge >= 0.3 is 0 Å². The summed E-state index contributed by atoms with van der Waals surface area (Å²) in [5, 5.41) is 0. The maximum Gasteiger partial charge on any atom is 0.222 e. The van der Waals surface area contributed by atoms with E-state index in [9.17, 15) is 4.79 Å². The molecule has 0 saturated carbocycles. The highest BCUT2D eigenvalue weighted by Crippen LogP contribution is 2.24. The molecule has 2 atom stereocenters. The molecule has 22 heavy (non-hydrogen) atoms. The molecule has 3 rings (SSSR count). The van der Waals surface area contributed by atoms with Crippen LogP contribution in [0.3, 0.4) is 0 Å². The largest absolute Gasteiger partial charge is 0.378 e. The van der Waals surface area contributed by atoms with Crippen molar-refractivity contribution in [2.75, 3.05) is 19.7 Å². The second-order valence-corrected chi connectivity index (χ2v) is 6.41. The van der Waals surface area contributed by atoms with Crippen molar-refractivity contribution in [3.05, 3.63) is 18.2 Å². The lowest BCUT2D eigenvalue weighted by atomic mass is 10.0. The van der Waals surface area contributed by atoms with Crippen molar-refractivity contribution in [1.29, 1.82) is 0 Å². The van der Waals surface area contributed by atoms with Gasteiger partial charge in [0.15, 0.2) is 0 Å². The summed E-state index contributed by atoms with van der Waals surface area (Å²) in [6, 6.07) is 0.387. The summed E-state index contributed by atoms with van der Waals surface area (Å²) in [5.74, 6) is 1.41. The van der Waals surface area contributed by atoms with Gasteiger partial charge in [0.1, 0.15) is 5.82 Å². The van der Waals surface area contributed by atoms with Crippen LogP contribution in [0.15, 0.2) is 12.4 Å². The van der Waals surface area contributed by atoms with Gasteiger partial charge in [0.05, 0.1) is 12.1 Å². The topological polar surface area (TPSA) is 47.4 Å². The van der Waals surface area contributed by atoms with E-state index in [4.69, 9.17) is 4.74 Å². The Morgan fingerprint density at radius 3 is 3.09 bits per heavy atom. The van der Waals surface area contributed by atoms with E-state index >= 15 is 0 Å². The predicted molar refractivity (Wildman–Crippen MR) is 84.7 cm³/mol. The van der Waals surface area contributed by atoms with E-state index in [1.807, 2.05) is 11.1 Å². The van der Waals surface area contributed by atoms with Crippen LogP contribution in [0, 0.1) is 0 Å². The van der Waals surface area contributed by atoms with Crippen LogP contribution in [-0.4, -0.2) is 46.2 Å². The third-order valence-corrected chi connectivity index (χ3v) is 4.91. The molecule has 0 spiro atoms. The lowest BCUT2D eigenvalue weighted by molar-refractivity contribution is -0.133. The molecular formula is C17H27N3O2. The molecule has 1 aromatic rings. The highest BCUT2D eigenvalue weighted by molar-refractivity contribution is 5.76. The molecule has 1 aromatic heterocycles. The average Bonchev–Trinajstić information content (AvgIpc) is 3.23. The van der Waals surface area contributed by atoms with Crippen LogP contribution in [-0.2, 0) is 16.0 Å². The molecular weight excluding hydrogens is 278 g/mol. The van der Waals surface area contributed by atoms with Crippen LogP contribution in [0.5, 0.6) is 0 Å². The minimum Gasteiger partial charge on any atom is -0.378 e. The van der Waals surface area contributed by atoms with Crippen molar-refractivity contribution in [2.24, 2.45) is 0 Å². The number of ether oxygens (including phenoxy) is 1. The van der Waals surface area contributed by atoms with Gasteiger partial charge < -0.3 is 14.2 Å². The van der Waals surface area contributed by atoms with E-state index in [1.165, 1.54) is 0 Å². The first kappa shape index (κ1) is 15.5. The third-order valence-electron chi connectivity index (χ3n) is 4.91. The molecule has 0 radical (unpaired) electrons. The fraction of sp³-hybridized carbons (Fsp3) is 0.765. The Kier molecular flexibility index (Phi) is 5.13. The van der Waals surface area contributed by atoms with Gasteiger partial charge in [-0.1, -0.05) is 6.92 Å². The van der Waals surface area contributed by atoms with Crippen molar-refractivity contribution >= 4 is 5.91 Å². The predicted octanol–water partition coefficient (Wildman–Crippen LogP) is 2.57. The highest BCUT2D eigenvalue weighted by atomic mass is 16.5. The molecule has 2 saturated heterocycles. The van der Waals surface area contributed by atoms with Crippen molar-refractivity contribution in [3.8, 4) is 0 Å². The first-order valence-electron chi connectivity index (χ1n) is 8.69. The summed E-state index contributed by atoms with van der Waals surface area (Å²) < 4.78 is 7.88. The summed E-state index contributed by atoms with van der Waals surface area (Å²) in [6.45, 7) is 4.72. The number of carbonyl (C=O) groups is 1. The summed E-state index contributed by atoms with van der Waals surface area (Å²) >= 11 is 0. The quantitative estimate of drug-likeness (QED) is 0.840. The maximum atomic E-state index is 12.5. The minimum atomic E-state index is 0.290. The Morgan fingerprint density at radius 2 is 2.32 bits per heavy atom. The first-order valence-corrected chi connectivity index (χ1v) is 8.69. The van der Waals surface area contributed by atoms with E-state index in [0.29, 0.717) is 24.5 Å². The van der Waals surface area contributed by atoms with Gasteiger partial charge in [-0.25, -0.2) is 4.98 Å². The lowest BCUT2D eigenvalue weighted by Crippen LogP contribution is -2.41. The van der Waals surface area contributed by atoms with E-state index in [-0.39, 0.29) is 0 Å². The van der Waals surface area contributed by atoms with Crippen molar-refractivity contribution in [3.63, 3.8) is 0 Å². The van der Waals surface area contributed by atoms with Gasteiger partial charge in [0.25, 0.3) is 0 Å². The van der Waals surface area contributed by atoms with Gasteiger partial charge in [0.2, 0.25) is 5.91 Å². The van der Waals surface area contributed by atoms with Gasteiger partial charge in [-0.15, -0.1) is 0 Å². The minimum absolute atomic E-state index is 0.290. The maximum absolute atomic E-state index is 12.5. The first-order chi connectivity index (χ1) is 10.8. The lowest BCUT2D eigenvalue weighted by Gasteiger charge is -2.34. The molecule has 5 nitrogen and oxygen atoms in total. The van der Waals surface area contributed by atoms with Crippen LogP contribution in [0.4, 0.5) is 0 Å². The molecule has 0 N–H and O–H groups in total. The fourth-order valence-corrected chi connectivity index (χ4v) is 3.67. The summed E-state index contributed by atoms with van der Waals surface area (Å²) in [4.78, 5) is 18.9. The molecule has 0 bridgehead atoms. The number of amides is 1. The standard InChI is InChI=1S/C17H27N3O2/c1-2-16-18-9-11-20(16)14-5-3-10-19(13-14)17(21)8-7-15-6-4-12-22-15/h9,11,14-15H,2-8,10,12-13H2,1H3/t14-,15+/m1/s1. The van der Waals surface area contributed by atoms with E-state index in [1.54, 1.807) is 0 Å². The van der Waals surface area contributed by atoms with Crippen molar-refractivity contribution < 1.29 is 9.53 Å². The van der Waals surface area contributed by atoms with Gasteiger partial charge in [-0.05, 0) is 32.1 Å². The number of piperidine rings is 1. The van der Waals surface area contributed by atoms with E-state index < -0.39 is 0 Å². The summed E-state index contributed by atoms with van der Waals surface area (Å²) in [6.07, 6.45) is 11.2. The van der Waals surface area contributed by atoms with Gasteiger partial charge in [-0.2, -0.15) is 0 Å². The number of aryl methyl sites for hydroxylation is 1. The smallest absolute Gasteiger partial charge is 0.222 e. The second kappa shape index (κ2) is 7.27. The number of aromatic nitrogens is 2. The average molecular weight is 305 g/mol. The van der Waals surface area contributed by atoms with Crippen molar-refractivity contribution in [2.45, 2.75) is 64.0 Å². The Bertz CT molecular complexity index is 494. The molecule has 5 heteroatoms. The molecule has 2 aliphatic rings. The molecule has 0 unspecified atom stereocenters. The van der Waals surface area contributed by atoms with Crippen LogP contribution in [0.2, 0.25) is 0 Å². The normalized spacial score (nSPS) is 25.6. The zero-order valence-electron chi connectivity index (χ0n) is 13.5. The number of nitrogens with zero attached hydrogens (tertiary/aromatic N) is 3. The van der Waals surface area contributed by atoms with Crippen LogP contribution in [0.25, 0.3) is 0 Å². The number of likely N-dealkylation sites (tertiary alicyclic amines) is 1. The Balaban J connectivity index is 1.54. The SMILES string of the molecule is CCc1nccn1[C@@H]1CCCN(C(=O)CC[C@@H]2CCCO2)C1. The van der Waals surface area contributed by atoms with Crippen LogP contribution < -0.4 is 0 Å². The summed E-state index contributed by atoms with van der Waals surface area (Å²) in [5.41, 5.74) is 0. The fourth-order valence-electron chi connectivity index (χ4n) is 3.67. The van der Waals surface area contributed by atoms with Crippen LogP contribution in [0.1, 0.15) is 57.3 Å². The van der Waals surface area contributed by atoms with Gasteiger partial charge in [0, 0.05) is 44.9 Å². The molecule has 122 valence electrons. The molecule has 3 heterocycles. The Morgan fingerprint density at radius 1 is 1.41 bits per heavy atom. The third kappa shape index (κ3) is 3.51. The number of hydrogen-bond donors (Lipinski definition) is 0. The number of imidazole rings is 1. The number of rotatable bonds is 5. The van der Waals surface area contributed by atoms with Crippen molar-refractivity contribution in [1.82, 2.24) is 14.5 Å². The monoisotopic (exact) mass is 305 g/mol. The number of hydrogen-bond acceptors (Lipinski definition) is 3. The number of carbonyl (C=O) groups excluding carboxylic acids is 1. The Hall–Kier alpha value is -1.36. The van der Waals surface area contributed by atoms with E-state index in [0.717, 1.165) is 64.0 Å². The molecule has 2 aliphatic heterocycles. The Labute approximate surface area is 132 Å². The zero-order chi connectivity index (χ0) is 15.4. The summed E-state index contributed by atoms with van der Waals surface area (Å²) in [7, 11) is 0. The second-order valence-electron chi connectivity index (χ2n) is 6.41. The molecule has 0 aromatic carbocycles. The molecule has 0 aliphatic carbocycles. The molecule has 1 amide bonds.